The van der Waals surface area contributed by atoms with E-state index in [9.17, 15) is 9.18 Å². The van der Waals surface area contributed by atoms with Gasteiger partial charge in [0.15, 0.2) is 0 Å². The summed E-state index contributed by atoms with van der Waals surface area (Å²) >= 11 is 1.30. The number of carbonyl (C=O) groups excluding carboxylic acids is 1. The third-order valence-electron chi connectivity index (χ3n) is 3.62. The molecule has 0 radical (unpaired) electrons. The molecule has 1 amide bonds. The van der Waals surface area contributed by atoms with Gasteiger partial charge in [0, 0.05) is 11.4 Å². The van der Waals surface area contributed by atoms with Crippen molar-refractivity contribution in [2.45, 2.75) is 6.61 Å². The van der Waals surface area contributed by atoms with Crippen molar-refractivity contribution in [3.05, 3.63) is 64.4 Å². The average Bonchev–Trinajstić information content (AvgIpc) is 3.17. The molecule has 1 aromatic heterocycles. The molecule has 0 spiro atoms. The van der Waals surface area contributed by atoms with E-state index in [1.165, 1.54) is 42.7 Å². The maximum atomic E-state index is 12.9. The van der Waals surface area contributed by atoms with Crippen LogP contribution in [-0.4, -0.2) is 25.1 Å². The first-order valence-electron chi connectivity index (χ1n) is 7.95. The molecule has 140 valence electrons. The molecule has 0 aliphatic carbocycles. The number of hydrogen-bond donors (Lipinski definition) is 1. The van der Waals surface area contributed by atoms with Crippen molar-refractivity contribution in [3.63, 3.8) is 0 Å². The summed E-state index contributed by atoms with van der Waals surface area (Å²) in [6.45, 7) is 0.190. The van der Waals surface area contributed by atoms with E-state index in [0.29, 0.717) is 27.9 Å². The van der Waals surface area contributed by atoms with Crippen molar-refractivity contribution >= 4 is 22.9 Å². The van der Waals surface area contributed by atoms with Gasteiger partial charge in [0.2, 0.25) is 0 Å². The van der Waals surface area contributed by atoms with Crippen molar-refractivity contribution in [2.75, 3.05) is 19.5 Å². The van der Waals surface area contributed by atoms with Crippen LogP contribution in [0, 0.1) is 5.82 Å². The van der Waals surface area contributed by atoms with Gasteiger partial charge in [-0.05, 0) is 36.4 Å². The van der Waals surface area contributed by atoms with Gasteiger partial charge < -0.3 is 19.5 Å². The third kappa shape index (κ3) is 4.73. The Morgan fingerprint density at radius 1 is 1.11 bits per heavy atom. The van der Waals surface area contributed by atoms with Gasteiger partial charge >= 0.3 is 0 Å². The van der Waals surface area contributed by atoms with Gasteiger partial charge in [0.25, 0.3) is 5.91 Å². The lowest BCUT2D eigenvalue weighted by Gasteiger charge is -2.10. The molecule has 0 saturated heterocycles. The minimum Gasteiger partial charge on any atom is -0.497 e. The van der Waals surface area contributed by atoms with Gasteiger partial charge in [0.05, 0.1) is 19.9 Å². The molecule has 0 aliphatic rings. The van der Waals surface area contributed by atoms with Crippen molar-refractivity contribution in [1.29, 1.82) is 0 Å². The summed E-state index contributed by atoms with van der Waals surface area (Å²) in [5.41, 5.74) is 0.788. The normalized spacial score (nSPS) is 10.3. The van der Waals surface area contributed by atoms with E-state index >= 15 is 0 Å². The Morgan fingerprint density at radius 3 is 2.56 bits per heavy atom. The second-order valence-corrected chi connectivity index (χ2v) is 6.33. The summed E-state index contributed by atoms with van der Waals surface area (Å²) in [6, 6.07) is 10.8. The number of carbonyl (C=O) groups is 1. The van der Waals surface area contributed by atoms with Gasteiger partial charge in [-0.1, -0.05) is 0 Å². The van der Waals surface area contributed by atoms with Crippen LogP contribution in [0.5, 0.6) is 17.2 Å². The molecule has 27 heavy (non-hydrogen) atoms. The van der Waals surface area contributed by atoms with Gasteiger partial charge in [-0.25, -0.2) is 9.37 Å². The Bertz CT molecular complexity index is 928. The number of hydrogen-bond acceptors (Lipinski definition) is 6. The SMILES string of the molecule is COc1ccc(NC(=O)c2csc(COc3ccc(F)cc3)n2)c(OC)c1. The average molecular weight is 388 g/mol. The van der Waals surface area contributed by atoms with Crippen LogP contribution in [0.3, 0.4) is 0 Å². The fourth-order valence-electron chi connectivity index (χ4n) is 2.25. The molecular weight excluding hydrogens is 371 g/mol. The maximum absolute atomic E-state index is 12.9. The molecule has 0 bridgehead atoms. The van der Waals surface area contributed by atoms with E-state index < -0.39 is 0 Å². The minimum absolute atomic E-state index is 0.190. The number of benzene rings is 2. The second kappa shape index (κ2) is 8.50. The molecule has 0 aliphatic heterocycles. The third-order valence-corrected chi connectivity index (χ3v) is 4.44. The molecule has 0 atom stereocenters. The number of amides is 1. The van der Waals surface area contributed by atoms with Crippen LogP contribution in [0.2, 0.25) is 0 Å². The molecule has 0 unspecified atom stereocenters. The fraction of sp³-hybridized carbons (Fsp3) is 0.158. The van der Waals surface area contributed by atoms with Gasteiger partial charge in [0.1, 0.15) is 40.4 Å². The first kappa shape index (κ1) is 18.7. The van der Waals surface area contributed by atoms with Crippen LogP contribution < -0.4 is 19.5 Å². The highest BCUT2D eigenvalue weighted by Gasteiger charge is 2.14. The lowest BCUT2D eigenvalue weighted by atomic mass is 10.2. The molecule has 1 N–H and O–H groups in total. The Balaban J connectivity index is 1.63. The molecule has 2 aromatic carbocycles. The van der Waals surface area contributed by atoms with Crippen molar-refractivity contribution in [3.8, 4) is 17.2 Å². The summed E-state index contributed by atoms with van der Waals surface area (Å²) in [5.74, 6) is 0.948. The Hall–Kier alpha value is -3.13. The van der Waals surface area contributed by atoms with E-state index in [1.54, 1.807) is 30.7 Å². The van der Waals surface area contributed by atoms with Crippen LogP contribution in [0.25, 0.3) is 0 Å². The number of thiazole rings is 1. The summed E-state index contributed by atoms with van der Waals surface area (Å²) in [5, 5.41) is 5.04. The van der Waals surface area contributed by atoms with E-state index in [4.69, 9.17) is 14.2 Å². The van der Waals surface area contributed by atoms with Crippen molar-refractivity contribution in [2.24, 2.45) is 0 Å². The zero-order chi connectivity index (χ0) is 19.2. The molecular formula is C19H17FN2O4S. The molecule has 6 nitrogen and oxygen atoms in total. The number of rotatable bonds is 7. The van der Waals surface area contributed by atoms with Crippen LogP contribution in [0.15, 0.2) is 47.8 Å². The second-order valence-electron chi connectivity index (χ2n) is 5.39. The van der Waals surface area contributed by atoms with Gasteiger partial charge in [-0.2, -0.15) is 0 Å². The maximum Gasteiger partial charge on any atom is 0.275 e. The first-order chi connectivity index (χ1) is 13.1. The first-order valence-corrected chi connectivity index (χ1v) is 8.83. The summed E-state index contributed by atoms with van der Waals surface area (Å²) in [4.78, 5) is 16.7. The molecule has 0 saturated carbocycles. The molecule has 3 aromatic rings. The number of ether oxygens (including phenoxy) is 3. The standard InChI is InChI=1S/C19H17FN2O4S/c1-24-14-7-8-15(17(9-14)25-2)22-19(23)16-11-27-18(21-16)10-26-13-5-3-12(20)4-6-13/h3-9,11H,10H2,1-2H3,(H,22,23). The number of methoxy groups -OCH3 is 2. The van der Waals surface area contributed by atoms with Crippen LogP contribution in [-0.2, 0) is 6.61 Å². The monoisotopic (exact) mass is 388 g/mol. The predicted octanol–water partition coefficient (Wildman–Crippen LogP) is 4.13. The largest absolute Gasteiger partial charge is 0.497 e. The zero-order valence-corrected chi connectivity index (χ0v) is 15.5. The van der Waals surface area contributed by atoms with Crippen molar-refractivity contribution < 1.29 is 23.4 Å². The smallest absolute Gasteiger partial charge is 0.275 e. The Kier molecular flexibility index (Phi) is 5.87. The molecule has 3 rings (SSSR count). The van der Waals surface area contributed by atoms with Gasteiger partial charge in [-0.15, -0.1) is 11.3 Å². The van der Waals surface area contributed by atoms with Crippen LogP contribution in [0.4, 0.5) is 10.1 Å². The van der Waals surface area contributed by atoms with E-state index in [1.807, 2.05) is 0 Å². The molecule has 1 heterocycles. The summed E-state index contributed by atoms with van der Waals surface area (Å²) < 4.78 is 28.8. The highest BCUT2D eigenvalue weighted by molar-refractivity contribution is 7.09. The predicted molar refractivity (Wildman–Crippen MR) is 100 cm³/mol. The van der Waals surface area contributed by atoms with Crippen LogP contribution in [0.1, 0.15) is 15.5 Å². The van der Waals surface area contributed by atoms with Crippen LogP contribution >= 0.6 is 11.3 Å². The summed E-state index contributed by atoms with van der Waals surface area (Å²) in [6.07, 6.45) is 0. The minimum atomic E-state index is -0.359. The van der Waals surface area contributed by atoms with E-state index in [-0.39, 0.29) is 24.0 Å². The fourth-order valence-corrected chi connectivity index (χ4v) is 2.93. The lowest BCUT2D eigenvalue weighted by Crippen LogP contribution is -2.13. The lowest BCUT2D eigenvalue weighted by molar-refractivity contribution is 0.102. The van der Waals surface area contributed by atoms with E-state index in [2.05, 4.69) is 10.3 Å². The number of aromatic nitrogens is 1. The Labute approximate surface area is 159 Å². The highest BCUT2D eigenvalue weighted by atomic mass is 32.1. The quantitative estimate of drug-likeness (QED) is 0.659. The van der Waals surface area contributed by atoms with E-state index in [0.717, 1.165) is 0 Å². The number of nitrogens with zero attached hydrogens (tertiary/aromatic N) is 1. The zero-order valence-electron chi connectivity index (χ0n) is 14.7. The topological polar surface area (TPSA) is 69.7 Å². The Morgan fingerprint density at radius 2 is 1.85 bits per heavy atom. The molecule has 8 heteroatoms. The number of halogens is 1. The summed E-state index contributed by atoms with van der Waals surface area (Å²) in [7, 11) is 3.07. The van der Waals surface area contributed by atoms with Crippen molar-refractivity contribution in [1.82, 2.24) is 4.98 Å². The van der Waals surface area contributed by atoms with Gasteiger partial charge in [-0.3, -0.25) is 4.79 Å². The number of anilines is 1. The number of nitrogens with one attached hydrogen (secondary N) is 1. The highest BCUT2D eigenvalue weighted by Crippen LogP contribution is 2.29. The molecule has 0 fully saturated rings.